The molecule has 0 amide bonds. The third kappa shape index (κ3) is 4.33. The number of thiazole rings is 1. The Kier molecular flexibility index (Phi) is 4.77. The molecule has 27 heavy (non-hydrogen) atoms. The van der Waals surface area contributed by atoms with Gasteiger partial charge in [0, 0.05) is 29.4 Å². The molecule has 7 heteroatoms. The van der Waals surface area contributed by atoms with Crippen LogP contribution in [0.4, 0.5) is 13.2 Å². The van der Waals surface area contributed by atoms with E-state index in [-0.39, 0.29) is 5.54 Å². The third-order valence-electron chi connectivity index (χ3n) is 5.56. The first kappa shape index (κ1) is 18.8. The summed E-state index contributed by atoms with van der Waals surface area (Å²) in [6.07, 6.45) is 7.05. The van der Waals surface area contributed by atoms with E-state index in [1.807, 2.05) is 12.3 Å². The average molecular weight is 398 g/mol. The van der Waals surface area contributed by atoms with Crippen LogP contribution in [0.3, 0.4) is 0 Å². The minimum atomic E-state index is -4.31. The Morgan fingerprint density at radius 2 is 2.00 bits per heavy atom. The van der Waals surface area contributed by atoms with Gasteiger partial charge >= 0.3 is 6.18 Å². The van der Waals surface area contributed by atoms with Crippen LogP contribution in [-0.2, 0) is 10.3 Å². The van der Waals surface area contributed by atoms with Crippen LogP contribution in [0.1, 0.15) is 48.9 Å². The molecule has 1 aromatic heterocycles. The van der Waals surface area contributed by atoms with Gasteiger partial charge in [-0.25, -0.2) is 4.98 Å². The molecule has 3 aliphatic rings. The zero-order valence-corrected chi connectivity index (χ0v) is 16.5. The van der Waals surface area contributed by atoms with E-state index in [1.165, 1.54) is 17.7 Å². The number of rotatable bonds is 7. The van der Waals surface area contributed by atoms with Crippen LogP contribution >= 0.6 is 11.3 Å². The van der Waals surface area contributed by atoms with Crippen LogP contribution in [0.2, 0.25) is 0 Å². The summed E-state index contributed by atoms with van der Waals surface area (Å²) in [6.45, 7) is 3.60. The Labute approximate surface area is 161 Å². The number of allylic oxidation sites excluding steroid dienone is 1. The molecule has 1 atom stereocenters. The highest BCUT2D eigenvalue weighted by Gasteiger charge is 2.43. The molecule has 2 heterocycles. The second-order valence-corrected chi connectivity index (χ2v) is 9.42. The normalized spacial score (nSPS) is 22.9. The molecule has 1 aromatic rings. The molecule has 0 saturated heterocycles. The predicted molar refractivity (Wildman–Crippen MR) is 99.1 cm³/mol. The van der Waals surface area contributed by atoms with Gasteiger partial charge in [0.15, 0.2) is 6.61 Å². The van der Waals surface area contributed by atoms with Gasteiger partial charge < -0.3 is 9.64 Å². The van der Waals surface area contributed by atoms with Crippen molar-refractivity contribution in [2.24, 2.45) is 11.8 Å². The Hall–Kier alpha value is -1.50. The number of nitrogens with zero attached hydrogens (tertiary/aromatic N) is 2. The second kappa shape index (κ2) is 6.83. The fourth-order valence-electron chi connectivity index (χ4n) is 3.75. The summed E-state index contributed by atoms with van der Waals surface area (Å²) in [5, 5.41) is 1.09. The molecule has 1 unspecified atom stereocenters. The van der Waals surface area contributed by atoms with E-state index in [0.29, 0.717) is 24.1 Å². The van der Waals surface area contributed by atoms with Crippen molar-refractivity contribution in [2.45, 2.75) is 57.7 Å². The fourth-order valence-corrected chi connectivity index (χ4v) is 4.68. The number of ether oxygens (including phenoxy) is 1. The quantitative estimate of drug-likeness (QED) is 0.603. The minimum Gasteiger partial charge on any atom is -0.484 e. The molecular formula is C20H25F3N2OS. The lowest BCUT2D eigenvalue weighted by Gasteiger charge is -2.41. The summed E-state index contributed by atoms with van der Waals surface area (Å²) in [6, 6.07) is 0. The van der Waals surface area contributed by atoms with Gasteiger partial charge in [-0.15, -0.1) is 11.3 Å². The summed E-state index contributed by atoms with van der Waals surface area (Å²) < 4.78 is 43.0. The van der Waals surface area contributed by atoms with Crippen molar-refractivity contribution in [3.63, 3.8) is 0 Å². The lowest BCUT2D eigenvalue weighted by atomic mass is 9.91. The number of aryl methyl sites for hydroxylation is 1. The van der Waals surface area contributed by atoms with E-state index in [9.17, 15) is 13.2 Å². The number of alkyl halides is 3. The SMILES string of the molecule is Cc1cnc(C(C)(CC2CC2)N2C=C(C3CC3)C(OCC(F)(F)F)=CC2)s1. The molecule has 4 rings (SSSR count). The monoisotopic (exact) mass is 398 g/mol. The van der Waals surface area contributed by atoms with E-state index < -0.39 is 12.8 Å². The molecule has 2 aliphatic carbocycles. The number of aromatic nitrogens is 1. The highest BCUT2D eigenvalue weighted by Crippen LogP contribution is 2.48. The number of halogens is 3. The van der Waals surface area contributed by atoms with Crippen molar-refractivity contribution in [3.8, 4) is 0 Å². The van der Waals surface area contributed by atoms with Crippen LogP contribution < -0.4 is 0 Å². The molecule has 2 saturated carbocycles. The molecule has 0 aromatic carbocycles. The van der Waals surface area contributed by atoms with Gasteiger partial charge in [-0.05, 0) is 51.0 Å². The van der Waals surface area contributed by atoms with Crippen molar-refractivity contribution in [1.82, 2.24) is 9.88 Å². The van der Waals surface area contributed by atoms with Crippen LogP contribution in [0.15, 0.2) is 29.8 Å². The molecule has 2 fully saturated rings. The lowest BCUT2D eigenvalue weighted by Crippen LogP contribution is -2.42. The van der Waals surface area contributed by atoms with Crippen LogP contribution in [0.25, 0.3) is 0 Å². The van der Waals surface area contributed by atoms with Crippen LogP contribution in [0, 0.1) is 18.8 Å². The standard InChI is InChI=1S/C20H25F3N2OS/c1-13-10-24-18(27-13)19(2,9-14-3-4-14)25-8-7-17(26-12-20(21,22)23)16(11-25)15-5-6-15/h7,10-11,14-15H,3-6,8-9,12H2,1-2H3. The first-order chi connectivity index (χ1) is 12.7. The van der Waals surface area contributed by atoms with Crippen molar-refractivity contribution >= 4 is 11.3 Å². The van der Waals surface area contributed by atoms with Crippen molar-refractivity contribution in [2.75, 3.05) is 13.2 Å². The van der Waals surface area contributed by atoms with Crippen molar-refractivity contribution in [3.05, 3.63) is 39.7 Å². The topological polar surface area (TPSA) is 25.4 Å². The summed E-state index contributed by atoms with van der Waals surface area (Å²) in [4.78, 5) is 8.12. The predicted octanol–water partition coefficient (Wildman–Crippen LogP) is 5.54. The summed E-state index contributed by atoms with van der Waals surface area (Å²) in [5.74, 6) is 1.44. The van der Waals surface area contributed by atoms with Crippen LogP contribution in [0.5, 0.6) is 0 Å². The minimum absolute atomic E-state index is 0.230. The van der Waals surface area contributed by atoms with Gasteiger partial charge in [-0.3, -0.25) is 0 Å². The largest absolute Gasteiger partial charge is 0.484 e. The lowest BCUT2D eigenvalue weighted by molar-refractivity contribution is -0.164. The van der Waals surface area contributed by atoms with Gasteiger partial charge in [0.25, 0.3) is 0 Å². The second-order valence-electron chi connectivity index (χ2n) is 8.18. The summed E-state index contributed by atoms with van der Waals surface area (Å²) in [5.41, 5.74) is 0.688. The highest BCUT2D eigenvalue weighted by atomic mass is 32.1. The summed E-state index contributed by atoms with van der Waals surface area (Å²) in [7, 11) is 0. The zero-order valence-electron chi connectivity index (χ0n) is 15.7. The molecule has 0 spiro atoms. The molecule has 1 aliphatic heterocycles. The Bertz CT molecular complexity index is 762. The molecule has 3 nitrogen and oxygen atoms in total. The van der Waals surface area contributed by atoms with Gasteiger partial charge in [0.2, 0.25) is 0 Å². The van der Waals surface area contributed by atoms with Crippen molar-refractivity contribution < 1.29 is 17.9 Å². The van der Waals surface area contributed by atoms with E-state index in [4.69, 9.17) is 4.74 Å². The molecule has 0 radical (unpaired) electrons. The fraction of sp³-hybridized carbons (Fsp3) is 0.650. The summed E-state index contributed by atoms with van der Waals surface area (Å²) >= 11 is 1.72. The van der Waals surface area contributed by atoms with E-state index in [2.05, 4.69) is 29.9 Å². The van der Waals surface area contributed by atoms with E-state index in [1.54, 1.807) is 11.3 Å². The van der Waals surface area contributed by atoms with Crippen LogP contribution in [-0.4, -0.2) is 29.2 Å². The van der Waals surface area contributed by atoms with Gasteiger partial charge in [0.1, 0.15) is 10.8 Å². The average Bonchev–Trinajstić information content (AvgIpc) is 3.52. The molecular weight excluding hydrogens is 373 g/mol. The van der Waals surface area contributed by atoms with E-state index >= 15 is 0 Å². The molecule has 0 bridgehead atoms. The molecule has 148 valence electrons. The third-order valence-corrected chi connectivity index (χ3v) is 6.73. The Morgan fingerprint density at radius 1 is 1.26 bits per heavy atom. The first-order valence-electron chi connectivity index (χ1n) is 9.56. The maximum Gasteiger partial charge on any atom is 0.422 e. The van der Waals surface area contributed by atoms with Gasteiger partial charge in [0.05, 0.1) is 5.54 Å². The van der Waals surface area contributed by atoms with E-state index in [0.717, 1.165) is 29.8 Å². The Morgan fingerprint density at radius 3 is 2.56 bits per heavy atom. The number of hydrogen-bond donors (Lipinski definition) is 0. The smallest absolute Gasteiger partial charge is 0.422 e. The molecule has 0 N–H and O–H groups in total. The van der Waals surface area contributed by atoms with Gasteiger partial charge in [-0.2, -0.15) is 13.2 Å². The zero-order chi connectivity index (χ0) is 19.2. The first-order valence-corrected chi connectivity index (χ1v) is 10.4. The number of hydrogen-bond acceptors (Lipinski definition) is 4. The highest BCUT2D eigenvalue weighted by molar-refractivity contribution is 7.11. The maximum absolute atomic E-state index is 12.6. The Balaban J connectivity index is 1.59. The van der Waals surface area contributed by atoms with Gasteiger partial charge in [-0.1, -0.05) is 12.8 Å². The van der Waals surface area contributed by atoms with Crippen molar-refractivity contribution in [1.29, 1.82) is 0 Å². The maximum atomic E-state index is 12.6.